The molecule has 0 fully saturated rings. The van der Waals surface area contributed by atoms with Gasteiger partial charge in [-0.25, -0.2) is 9.59 Å². The van der Waals surface area contributed by atoms with E-state index in [0.29, 0.717) is 0 Å². The molecular weight excluding hydrogens is 186 g/mol. The molecule has 5 nitrogen and oxygen atoms in total. The van der Waals surface area contributed by atoms with Crippen molar-refractivity contribution in [2.75, 3.05) is 13.2 Å². The van der Waals surface area contributed by atoms with E-state index in [9.17, 15) is 9.59 Å². The summed E-state index contributed by atoms with van der Waals surface area (Å²) < 4.78 is 9.26. The van der Waals surface area contributed by atoms with Crippen molar-refractivity contribution in [1.29, 1.82) is 0 Å². The average molecular weight is 201 g/mol. The summed E-state index contributed by atoms with van der Waals surface area (Å²) in [4.78, 5) is 22.6. The van der Waals surface area contributed by atoms with Crippen LogP contribution in [0.25, 0.3) is 0 Å². The fourth-order valence-electron chi connectivity index (χ4n) is 0.751. The van der Waals surface area contributed by atoms with Crippen LogP contribution < -0.4 is 5.73 Å². The zero-order valence-corrected chi connectivity index (χ0v) is 8.41. The third-order valence-corrected chi connectivity index (χ3v) is 1.55. The molecule has 0 amide bonds. The third-order valence-electron chi connectivity index (χ3n) is 1.55. The van der Waals surface area contributed by atoms with Crippen molar-refractivity contribution < 1.29 is 19.1 Å². The Bertz CT molecular complexity index is 219. The molecule has 0 radical (unpaired) electrons. The second-order valence-corrected chi connectivity index (χ2v) is 2.51. The van der Waals surface area contributed by atoms with E-state index in [1.165, 1.54) is 0 Å². The van der Waals surface area contributed by atoms with E-state index in [0.717, 1.165) is 6.08 Å². The molecule has 0 aromatic rings. The minimum Gasteiger partial charge on any atom is -0.464 e. The molecule has 0 unspecified atom stereocenters. The van der Waals surface area contributed by atoms with Gasteiger partial charge >= 0.3 is 11.9 Å². The highest BCUT2D eigenvalue weighted by Gasteiger charge is 2.42. The molecule has 0 aromatic heterocycles. The van der Waals surface area contributed by atoms with Crippen LogP contribution in [0.4, 0.5) is 0 Å². The maximum absolute atomic E-state index is 11.3. The topological polar surface area (TPSA) is 78.6 Å². The smallest absolute Gasteiger partial charge is 0.341 e. The Kier molecular flexibility index (Phi) is 4.86. The van der Waals surface area contributed by atoms with E-state index >= 15 is 0 Å². The van der Waals surface area contributed by atoms with Crippen LogP contribution in [0.3, 0.4) is 0 Å². The summed E-state index contributed by atoms with van der Waals surface area (Å²) in [7, 11) is 0. The molecule has 0 saturated carbocycles. The molecule has 0 aliphatic rings. The zero-order chi connectivity index (χ0) is 11.2. The van der Waals surface area contributed by atoms with Crippen molar-refractivity contribution in [1.82, 2.24) is 0 Å². The van der Waals surface area contributed by atoms with Crippen LogP contribution >= 0.6 is 0 Å². The molecule has 0 bridgehead atoms. The Morgan fingerprint density at radius 2 is 1.64 bits per heavy atom. The lowest BCUT2D eigenvalue weighted by atomic mass is 10.0. The number of ether oxygens (including phenoxy) is 2. The summed E-state index contributed by atoms with van der Waals surface area (Å²) in [5.41, 5.74) is 3.59. The van der Waals surface area contributed by atoms with E-state index in [4.69, 9.17) is 5.73 Å². The second-order valence-electron chi connectivity index (χ2n) is 2.51. The van der Waals surface area contributed by atoms with Crippen LogP contribution in [0.1, 0.15) is 13.8 Å². The first kappa shape index (κ1) is 12.6. The molecule has 0 rings (SSSR count). The molecule has 0 spiro atoms. The van der Waals surface area contributed by atoms with Gasteiger partial charge in [-0.15, -0.1) is 6.58 Å². The number of esters is 2. The van der Waals surface area contributed by atoms with Gasteiger partial charge in [0.2, 0.25) is 5.54 Å². The number of hydrogen-bond acceptors (Lipinski definition) is 5. The van der Waals surface area contributed by atoms with Crippen molar-refractivity contribution in [3.8, 4) is 0 Å². The van der Waals surface area contributed by atoms with Gasteiger partial charge in [0, 0.05) is 0 Å². The molecule has 0 aliphatic heterocycles. The lowest BCUT2D eigenvalue weighted by Crippen LogP contribution is -2.54. The van der Waals surface area contributed by atoms with Crippen LogP contribution in [0.2, 0.25) is 0 Å². The lowest BCUT2D eigenvalue weighted by Gasteiger charge is -2.20. The van der Waals surface area contributed by atoms with Crippen LogP contribution in [-0.2, 0) is 19.1 Å². The van der Waals surface area contributed by atoms with Crippen molar-refractivity contribution in [3.05, 3.63) is 12.7 Å². The van der Waals surface area contributed by atoms with Crippen LogP contribution in [0.5, 0.6) is 0 Å². The Morgan fingerprint density at radius 3 is 1.86 bits per heavy atom. The first-order chi connectivity index (χ1) is 6.52. The van der Waals surface area contributed by atoms with E-state index in [-0.39, 0.29) is 13.2 Å². The highest BCUT2D eigenvalue weighted by atomic mass is 16.6. The quantitative estimate of drug-likeness (QED) is 0.384. The zero-order valence-electron chi connectivity index (χ0n) is 8.41. The van der Waals surface area contributed by atoms with Crippen LogP contribution in [0, 0.1) is 0 Å². The normalized spacial score (nSPS) is 10.5. The summed E-state index contributed by atoms with van der Waals surface area (Å²) in [6, 6.07) is 0. The minimum atomic E-state index is -1.90. The van der Waals surface area contributed by atoms with E-state index in [1.807, 2.05) is 0 Å². The first-order valence-electron chi connectivity index (χ1n) is 4.29. The maximum Gasteiger partial charge on any atom is 0.341 e. The Morgan fingerprint density at radius 1 is 1.29 bits per heavy atom. The van der Waals surface area contributed by atoms with Gasteiger partial charge in [0.1, 0.15) is 0 Å². The highest BCUT2D eigenvalue weighted by Crippen LogP contribution is 2.08. The van der Waals surface area contributed by atoms with Crippen molar-refractivity contribution in [2.24, 2.45) is 5.73 Å². The summed E-state index contributed by atoms with van der Waals surface area (Å²) in [5, 5.41) is 0. The minimum absolute atomic E-state index is 0.144. The summed E-state index contributed by atoms with van der Waals surface area (Å²) >= 11 is 0. The standard InChI is InChI=1S/C9H15NO4/c1-4-9(10,7(11)13-5-2)8(12)14-6-3/h4H,1,5-6,10H2,2-3H3. The lowest BCUT2D eigenvalue weighted by molar-refractivity contribution is -0.161. The average Bonchev–Trinajstić information content (AvgIpc) is 2.17. The fraction of sp³-hybridized carbons (Fsp3) is 0.556. The second kappa shape index (κ2) is 5.39. The fourth-order valence-corrected chi connectivity index (χ4v) is 0.751. The molecular formula is C9H15NO4. The van der Waals surface area contributed by atoms with Gasteiger partial charge < -0.3 is 15.2 Å². The largest absolute Gasteiger partial charge is 0.464 e. The van der Waals surface area contributed by atoms with Gasteiger partial charge in [0.05, 0.1) is 13.2 Å². The van der Waals surface area contributed by atoms with Gasteiger partial charge in [-0.2, -0.15) is 0 Å². The number of hydrogen-bond donors (Lipinski definition) is 1. The maximum atomic E-state index is 11.3. The van der Waals surface area contributed by atoms with Crippen molar-refractivity contribution in [2.45, 2.75) is 19.4 Å². The predicted octanol–water partition coefficient (Wildman–Crippen LogP) is -0.00390. The molecule has 2 N–H and O–H groups in total. The van der Waals surface area contributed by atoms with E-state index in [1.54, 1.807) is 13.8 Å². The summed E-state index contributed by atoms with van der Waals surface area (Å²) in [6.45, 7) is 6.84. The molecule has 0 saturated heterocycles. The summed E-state index contributed by atoms with van der Waals surface area (Å²) in [5.74, 6) is -1.71. The summed E-state index contributed by atoms with van der Waals surface area (Å²) in [6.07, 6.45) is 1.02. The number of carbonyl (C=O) groups excluding carboxylic acids is 2. The van der Waals surface area contributed by atoms with Gasteiger partial charge in [-0.3, -0.25) is 0 Å². The first-order valence-corrected chi connectivity index (χ1v) is 4.29. The van der Waals surface area contributed by atoms with Gasteiger partial charge in [0.15, 0.2) is 0 Å². The van der Waals surface area contributed by atoms with E-state index < -0.39 is 17.5 Å². The number of nitrogens with two attached hydrogens (primary N) is 1. The van der Waals surface area contributed by atoms with E-state index in [2.05, 4.69) is 16.1 Å². The van der Waals surface area contributed by atoms with Crippen molar-refractivity contribution in [3.63, 3.8) is 0 Å². The Labute approximate surface area is 82.9 Å². The molecule has 0 atom stereocenters. The molecule has 0 aromatic carbocycles. The van der Waals surface area contributed by atoms with Gasteiger partial charge in [0.25, 0.3) is 0 Å². The monoisotopic (exact) mass is 201 g/mol. The molecule has 0 heterocycles. The Hall–Kier alpha value is -1.36. The highest BCUT2D eigenvalue weighted by molar-refractivity contribution is 6.07. The molecule has 80 valence electrons. The number of rotatable bonds is 5. The van der Waals surface area contributed by atoms with Crippen LogP contribution in [0.15, 0.2) is 12.7 Å². The Balaban J connectivity index is 4.69. The van der Waals surface area contributed by atoms with Crippen LogP contribution in [-0.4, -0.2) is 30.7 Å². The third kappa shape index (κ3) is 2.56. The predicted molar refractivity (Wildman–Crippen MR) is 50.4 cm³/mol. The number of carbonyl (C=O) groups is 2. The van der Waals surface area contributed by atoms with Crippen molar-refractivity contribution >= 4 is 11.9 Å². The van der Waals surface area contributed by atoms with Gasteiger partial charge in [-0.05, 0) is 19.9 Å². The molecule has 14 heavy (non-hydrogen) atoms. The molecule has 0 aliphatic carbocycles. The van der Waals surface area contributed by atoms with Gasteiger partial charge in [-0.1, -0.05) is 0 Å². The molecule has 5 heteroatoms. The SMILES string of the molecule is C=CC(N)(C(=O)OCC)C(=O)OCC.